The third kappa shape index (κ3) is 2.12. The van der Waals surface area contributed by atoms with Gasteiger partial charge in [-0.05, 0) is 38.6 Å². The predicted octanol–water partition coefficient (Wildman–Crippen LogP) is 2.47. The Kier molecular flexibility index (Phi) is 3.60. The first-order valence-electron chi connectivity index (χ1n) is 5.70. The summed E-state index contributed by atoms with van der Waals surface area (Å²) in [5, 5.41) is 0.590. The number of aryl methyl sites for hydroxylation is 2. The van der Waals surface area contributed by atoms with Gasteiger partial charge in [-0.2, -0.15) is 0 Å². The molecule has 102 valence electrons. The summed E-state index contributed by atoms with van der Waals surface area (Å²) >= 11 is 6.66. The number of H-pyrrole nitrogens is 1. The lowest BCUT2D eigenvalue weighted by Gasteiger charge is -2.12. The predicted molar refractivity (Wildman–Crippen MR) is 77.5 cm³/mol. The molecule has 0 radical (unpaired) electrons. The van der Waals surface area contributed by atoms with Gasteiger partial charge in [0, 0.05) is 4.88 Å². The number of nitrogens with zero attached hydrogens (tertiary/aromatic N) is 1. The van der Waals surface area contributed by atoms with Crippen molar-refractivity contribution in [3.8, 4) is 0 Å². The fourth-order valence-corrected chi connectivity index (χ4v) is 3.43. The number of nitrogens with one attached hydrogen (secondary N) is 1. The van der Waals surface area contributed by atoms with Crippen molar-refractivity contribution in [2.24, 2.45) is 0 Å². The minimum absolute atomic E-state index is 0.233. The van der Waals surface area contributed by atoms with Crippen LogP contribution in [0.3, 0.4) is 0 Å². The van der Waals surface area contributed by atoms with Crippen LogP contribution < -0.4 is 5.56 Å². The minimum Gasteiger partial charge on any atom is -0.467 e. The molecule has 1 N–H and O–H groups in total. The number of aromatic nitrogens is 2. The Morgan fingerprint density at radius 3 is 2.68 bits per heavy atom. The van der Waals surface area contributed by atoms with Crippen LogP contribution in [0.1, 0.15) is 23.4 Å². The maximum Gasteiger partial charge on any atom is 0.328 e. The fraction of sp³-hybridized carbons (Fsp3) is 0.417. The highest BCUT2D eigenvalue weighted by Crippen LogP contribution is 2.26. The summed E-state index contributed by atoms with van der Waals surface area (Å²) in [5.41, 5.74) is 0.667. The van der Waals surface area contributed by atoms with E-state index in [4.69, 9.17) is 12.2 Å². The number of rotatable bonds is 2. The molecule has 0 spiro atoms. The molecule has 7 heteroatoms. The standard InChI is InChI=1S/C12H14N2O3S2/c1-5-7(3)19-9-8(5)10(15)14(12(18)13-9)6(2)11(16)17-4/h6H,1-4H3,(H,13,18). The van der Waals surface area contributed by atoms with Gasteiger partial charge in [0.05, 0.1) is 12.5 Å². The van der Waals surface area contributed by atoms with E-state index in [0.717, 1.165) is 15.3 Å². The van der Waals surface area contributed by atoms with Gasteiger partial charge >= 0.3 is 5.97 Å². The SMILES string of the molecule is COC(=O)C(C)n1c(=S)[nH]c2sc(C)c(C)c2c1=O. The maximum atomic E-state index is 12.5. The lowest BCUT2D eigenvalue weighted by Crippen LogP contribution is -2.30. The quantitative estimate of drug-likeness (QED) is 0.683. The number of thiophene rings is 1. The molecule has 0 aromatic carbocycles. The zero-order chi connectivity index (χ0) is 14.3. The zero-order valence-electron chi connectivity index (χ0n) is 11.1. The number of aromatic amines is 1. The number of fused-ring (bicyclic) bond motifs is 1. The maximum absolute atomic E-state index is 12.5. The zero-order valence-corrected chi connectivity index (χ0v) is 12.7. The van der Waals surface area contributed by atoms with Gasteiger partial charge in [0.25, 0.3) is 5.56 Å². The summed E-state index contributed by atoms with van der Waals surface area (Å²) in [6, 6.07) is -0.745. The molecular weight excluding hydrogens is 284 g/mol. The van der Waals surface area contributed by atoms with Crippen molar-refractivity contribution >= 4 is 39.7 Å². The van der Waals surface area contributed by atoms with Crippen LogP contribution in [0.15, 0.2) is 4.79 Å². The first kappa shape index (κ1) is 14.0. The Morgan fingerprint density at radius 2 is 2.11 bits per heavy atom. The molecule has 0 fully saturated rings. The summed E-state index contributed by atoms with van der Waals surface area (Å²) < 4.78 is 6.17. The number of methoxy groups -OCH3 is 1. The van der Waals surface area contributed by atoms with Gasteiger partial charge in [-0.3, -0.25) is 9.36 Å². The molecule has 0 saturated carbocycles. The van der Waals surface area contributed by atoms with Gasteiger partial charge in [0.2, 0.25) is 0 Å². The Bertz CT molecular complexity index is 770. The molecule has 1 unspecified atom stereocenters. The molecule has 0 aliphatic rings. The number of carbonyl (C=O) groups is 1. The largest absolute Gasteiger partial charge is 0.467 e. The van der Waals surface area contributed by atoms with Crippen LogP contribution >= 0.6 is 23.6 Å². The summed E-state index contributed by atoms with van der Waals surface area (Å²) in [4.78, 5) is 28.9. The van der Waals surface area contributed by atoms with E-state index in [9.17, 15) is 9.59 Å². The van der Waals surface area contributed by atoms with Crippen LogP contribution in [0.25, 0.3) is 10.2 Å². The number of hydrogen-bond acceptors (Lipinski definition) is 5. The van der Waals surface area contributed by atoms with E-state index in [-0.39, 0.29) is 10.3 Å². The lowest BCUT2D eigenvalue weighted by atomic mass is 10.2. The topological polar surface area (TPSA) is 64.1 Å². The highest BCUT2D eigenvalue weighted by molar-refractivity contribution is 7.71. The first-order valence-corrected chi connectivity index (χ1v) is 6.93. The van der Waals surface area contributed by atoms with E-state index in [1.54, 1.807) is 6.92 Å². The second-order valence-corrected chi connectivity index (χ2v) is 5.90. The molecular formula is C12H14N2O3S2. The highest BCUT2D eigenvalue weighted by atomic mass is 32.1. The summed E-state index contributed by atoms with van der Waals surface area (Å²) in [6.07, 6.45) is 0. The number of esters is 1. The van der Waals surface area contributed by atoms with Gasteiger partial charge in [-0.25, -0.2) is 4.79 Å². The Morgan fingerprint density at radius 1 is 1.47 bits per heavy atom. The average Bonchev–Trinajstić information content (AvgIpc) is 2.63. The van der Waals surface area contributed by atoms with E-state index in [1.807, 2.05) is 13.8 Å². The molecule has 2 aromatic rings. The molecule has 0 amide bonds. The molecule has 2 heterocycles. The van der Waals surface area contributed by atoms with E-state index in [1.165, 1.54) is 23.0 Å². The van der Waals surface area contributed by atoms with E-state index in [2.05, 4.69) is 9.72 Å². The van der Waals surface area contributed by atoms with Gasteiger partial charge in [-0.1, -0.05) is 0 Å². The molecule has 19 heavy (non-hydrogen) atoms. The smallest absolute Gasteiger partial charge is 0.328 e. The summed E-state index contributed by atoms with van der Waals surface area (Å²) in [5.74, 6) is -0.495. The molecule has 0 bridgehead atoms. The molecule has 2 rings (SSSR count). The molecule has 1 atom stereocenters. The Balaban J connectivity index is 2.83. The van der Waals surface area contributed by atoms with Crippen LogP contribution in [0.2, 0.25) is 0 Å². The molecule has 0 saturated heterocycles. The van der Waals surface area contributed by atoms with Gasteiger partial charge < -0.3 is 9.72 Å². The molecule has 0 aliphatic carbocycles. The summed E-state index contributed by atoms with van der Waals surface area (Å²) in [6.45, 7) is 5.43. The molecule has 5 nitrogen and oxygen atoms in total. The van der Waals surface area contributed by atoms with Crippen LogP contribution in [0.5, 0.6) is 0 Å². The summed E-state index contributed by atoms with van der Waals surface area (Å²) in [7, 11) is 1.29. The van der Waals surface area contributed by atoms with E-state index < -0.39 is 12.0 Å². The lowest BCUT2D eigenvalue weighted by molar-refractivity contribution is -0.144. The Labute approximate surface area is 118 Å². The minimum atomic E-state index is -0.745. The van der Waals surface area contributed by atoms with Crippen molar-refractivity contribution in [2.75, 3.05) is 7.11 Å². The van der Waals surface area contributed by atoms with Crippen molar-refractivity contribution in [2.45, 2.75) is 26.8 Å². The number of ether oxygens (including phenoxy) is 1. The van der Waals surface area contributed by atoms with E-state index in [0.29, 0.717) is 5.39 Å². The second-order valence-electron chi connectivity index (χ2n) is 4.29. The van der Waals surface area contributed by atoms with Gasteiger partial charge in [-0.15, -0.1) is 11.3 Å². The van der Waals surface area contributed by atoms with Gasteiger partial charge in [0.15, 0.2) is 4.77 Å². The highest BCUT2D eigenvalue weighted by Gasteiger charge is 2.21. The average molecular weight is 298 g/mol. The van der Waals surface area contributed by atoms with Gasteiger partial charge in [0.1, 0.15) is 10.9 Å². The monoisotopic (exact) mass is 298 g/mol. The third-order valence-corrected chi connectivity index (χ3v) is 4.61. The second kappa shape index (κ2) is 4.90. The van der Waals surface area contributed by atoms with Crippen LogP contribution in [0, 0.1) is 18.6 Å². The van der Waals surface area contributed by atoms with Crippen LogP contribution in [-0.2, 0) is 9.53 Å². The van der Waals surface area contributed by atoms with Crippen LogP contribution in [0.4, 0.5) is 0 Å². The first-order chi connectivity index (χ1) is 8.88. The normalized spacial score (nSPS) is 12.6. The van der Waals surface area contributed by atoms with Crippen molar-refractivity contribution in [1.29, 1.82) is 0 Å². The number of carbonyl (C=O) groups excluding carboxylic acids is 1. The third-order valence-electron chi connectivity index (χ3n) is 3.19. The molecule has 2 aromatic heterocycles. The van der Waals surface area contributed by atoms with Crippen molar-refractivity contribution < 1.29 is 9.53 Å². The van der Waals surface area contributed by atoms with E-state index >= 15 is 0 Å². The van der Waals surface area contributed by atoms with Crippen LogP contribution in [-0.4, -0.2) is 22.6 Å². The van der Waals surface area contributed by atoms with Crippen molar-refractivity contribution in [1.82, 2.24) is 9.55 Å². The van der Waals surface area contributed by atoms with Crippen molar-refractivity contribution in [3.05, 3.63) is 25.6 Å². The molecule has 0 aliphatic heterocycles. The van der Waals surface area contributed by atoms with Crippen molar-refractivity contribution in [3.63, 3.8) is 0 Å². The Hall–Kier alpha value is -1.47. The number of hydrogen-bond donors (Lipinski definition) is 1. The fourth-order valence-electron chi connectivity index (χ4n) is 1.97.